The van der Waals surface area contributed by atoms with Crippen molar-refractivity contribution in [3.05, 3.63) is 69.3 Å². The predicted octanol–water partition coefficient (Wildman–Crippen LogP) is 6.10. The zero-order chi connectivity index (χ0) is 16.6. The molecule has 1 N–H and O–H groups in total. The van der Waals surface area contributed by atoms with Crippen molar-refractivity contribution in [3.63, 3.8) is 0 Å². The molecule has 0 saturated carbocycles. The number of pyridine rings is 1. The maximum atomic E-state index is 13.9. The van der Waals surface area contributed by atoms with Gasteiger partial charge in [-0.2, -0.15) is 0 Å². The van der Waals surface area contributed by atoms with Gasteiger partial charge in [-0.05, 0) is 35.0 Å². The molecule has 23 heavy (non-hydrogen) atoms. The number of nitrogens with zero attached hydrogens (tertiary/aromatic N) is 1. The summed E-state index contributed by atoms with van der Waals surface area (Å²) in [6.45, 7) is 1.83. The first kappa shape index (κ1) is 16.1. The zero-order valence-electron chi connectivity index (χ0n) is 12.1. The number of nitrogens with one attached hydrogen (secondary N) is 1. The van der Waals surface area contributed by atoms with Gasteiger partial charge in [0.15, 0.2) is 0 Å². The largest absolute Gasteiger partial charge is 0.377 e. The van der Waals surface area contributed by atoms with Crippen LogP contribution in [0.1, 0.15) is 18.5 Å². The molecule has 0 aliphatic rings. The van der Waals surface area contributed by atoms with E-state index in [1.54, 1.807) is 24.3 Å². The maximum Gasteiger partial charge on any atom is 0.139 e. The summed E-state index contributed by atoms with van der Waals surface area (Å²) in [5.41, 5.74) is 1.58. The van der Waals surface area contributed by atoms with Crippen LogP contribution in [-0.4, -0.2) is 4.98 Å². The fourth-order valence-corrected chi connectivity index (χ4v) is 2.98. The molecule has 3 aromatic rings. The lowest BCUT2D eigenvalue weighted by Gasteiger charge is -2.19. The lowest BCUT2D eigenvalue weighted by Crippen LogP contribution is -2.09. The van der Waals surface area contributed by atoms with Crippen molar-refractivity contribution in [2.24, 2.45) is 0 Å². The van der Waals surface area contributed by atoms with Crippen LogP contribution in [-0.2, 0) is 0 Å². The highest BCUT2D eigenvalue weighted by Gasteiger charge is 2.15. The van der Waals surface area contributed by atoms with E-state index >= 15 is 0 Å². The lowest BCUT2D eigenvalue weighted by molar-refractivity contribution is 0.600. The first-order chi connectivity index (χ1) is 11.0. The Labute approximate surface area is 145 Å². The Morgan fingerprint density at radius 3 is 2.65 bits per heavy atom. The van der Waals surface area contributed by atoms with Crippen LogP contribution in [0.2, 0.25) is 5.02 Å². The van der Waals surface area contributed by atoms with Crippen molar-refractivity contribution >= 4 is 44.1 Å². The summed E-state index contributed by atoms with van der Waals surface area (Å²) in [6.07, 6.45) is 1.45. The van der Waals surface area contributed by atoms with Gasteiger partial charge < -0.3 is 5.32 Å². The molecule has 0 radical (unpaired) electrons. The SMILES string of the molecule is C[C@@H](Nc1c(Cl)cnc2cc(F)c(Br)cc12)c1ccccc1F. The molecule has 0 saturated heterocycles. The number of hydrogen-bond acceptors (Lipinski definition) is 2. The third-order valence-electron chi connectivity index (χ3n) is 3.60. The number of halogens is 4. The standard InChI is InChI=1S/C17H12BrClF2N2/c1-9(10-4-2-3-5-14(10)20)23-17-11-6-12(18)15(21)7-16(11)22-8-13(17)19/h2-9H,1H3,(H,22,23)/t9-/m1/s1. The molecular formula is C17H12BrClF2N2. The van der Waals surface area contributed by atoms with Crippen LogP contribution in [0.3, 0.4) is 0 Å². The van der Waals surface area contributed by atoms with Gasteiger partial charge >= 0.3 is 0 Å². The van der Waals surface area contributed by atoms with Gasteiger partial charge in [0.05, 0.1) is 26.7 Å². The van der Waals surface area contributed by atoms with E-state index in [1.807, 2.05) is 6.92 Å². The smallest absolute Gasteiger partial charge is 0.139 e. The van der Waals surface area contributed by atoms with Gasteiger partial charge in [0.2, 0.25) is 0 Å². The second kappa shape index (κ2) is 6.42. The molecule has 0 unspecified atom stereocenters. The normalized spacial score (nSPS) is 12.4. The summed E-state index contributed by atoms with van der Waals surface area (Å²) in [5.74, 6) is -0.699. The topological polar surface area (TPSA) is 24.9 Å². The van der Waals surface area contributed by atoms with Gasteiger partial charge in [0.25, 0.3) is 0 Å². The second-order valence-corrected chi connectivity index (χ2v) is 6.41. The van der Waals surface area contributed by atoms with Crippen LogP contribution in [0.25, 0.3) is 10.9 Å². The molecule has 1 aromatic heterocycles. The van der Waals surface area contributed by atoms with Crippen LogP contribution < -0.4 is 5.32 Å². The van der Waals surface area contributed by atoms with Gasteiger partial charge in [-0.3, -0.25) is 4.98 Å². The van der Waals surface area contributed by atoms with Crippen LogP contribution in [0, 0.1) is 11.6 Å². The quantitative estimate of drug-likeness (QED) is 0.577. The van der Waals surface area contributed by atoms with Crippen molar-refractivity contribution in [1.29, 1.82) is 0 Å². The van der Waals surface area contributed by atoms with E-state index in [2.05, 4.69) is 26.2 Å². The van der Waals surface area contributed by atoms with E-state index in [0.29, 0.717) is 31.6 Å². The van der Waals surface area contributed by atoms with E-state index < -0.39 is 5.82 Å². The van der Waals surface area contributed by atoms with Gasteiger partial charge in [-0.15, -0.1) is 0 Å². The van der Waals surface area contributed by atoms with E-state index in [0.717, 1.165) is 0 Å². The number of aromatic nitrogens is 1. The third-order valence-corrected chi connectivity index (χ3v) is 4.49. The fourth-order valence-electron chi connectivity index (χ4n) is 2.43. The van der Waals surface area contributed by atoms with Gasteiger partial charge in [0.1, 0.15) is 11.6 Å². The Morgan fingerprint density at radius 1 is 1.17 bits per heavy atom. The second-order valence-electron chi connectivity index (χ2n) is 5.15. The molecule has 6 heteroatoms. The van der Waals surface area contributed by atoms with Crippen molar-refractivity contribution in [2.75, 3.05) is 5.32 Å². The molecule has 0 spiro atoms. The van der Waals surface area contributed by atoms with E-state index in [4.69, 9.17) is 11.6 Å². The molecule has 2 nitrogen and oxygen atoms in total. The summed E-state index contributed by atoms with van der Waals surface area (Å²) in [7, 11) is 0. The highest BCUT2D eigenvalue weighted by molar-refractivity contribution is 9.10. The van der Waals surface area contributed by atoms with E-state index in [9.17, 15) is 8.78 Å². The highest BCUT2D eigenvalue weighted by atomic mass is 79.9. The molecule has 3 rings (SSSR count). The van der Waals surface area contributed by atoms with Crippen LogP contribution in [0.15, 0.2) is 47.1 Å². The molecule has 1 atom stereocenters. The first-order valence-electron chi connectivity index (χ1n) is 6.91. The van der Waals surface area contributed by atoms with Crippen molar-refractivity contribution < 1.29 is 8.78 Å². The molecule has 0 aliphatic carbocycles. The van der Waals surface area contributed by atoms with Crippen molar-refractivity contribution in [1.82, 2.24) is 4.98 Å². The molecular weight excluding hydrogens is 386 g/mol. The molecule has 0 amide bonds. The summed E-state index contributed by atoms with van der Waals surface area (Å²) < 4.78 is 27.9. The Hall–Kier alpha value is -1.72. The van der Waals surface area contributed by atoms with Crippen LogP contribution >= 0.6 is 27.5 Å². The highest BCUT2D eigenvalue weighted by Crippen LogP contribution is 2.35. The first-order valence-corrected chi connectivity index (χ1v) is 8.08. The van der Waals surface area contributed by atoms with Gasteiger partial charge in [0, 0.05) is 23.2 Å². The summed E-state index contributed by atoms with van der Waals surface area (Å²) >= 11 is 9.40. The number of benzene rings is 2. The molecule has 0 fully saturated rings. The van der Waals surface area contributed by atoms with Crippen LogP contribution in [0.5, 0.6) is 0 Å². The summed E-state index contributed by atoms with van der Waals surface area (Å²) in [5, 5.41) is 4.25. The Kier molecular flexibility index (Phi) is 4.50. The van der Waals surface area contributed by atoms with Crippen LogP contribution in [0.4, 0.5) is 14.5 Å². The number of rotatable bonds is 3. The van der Waals surface area contributed by atoms with Gasteiger partial charge in [-0.25, -0.2) is 8.78 Å². The Balaban J connectivity index is 2.07. The maximum absolute atomic E-state index is 13.9. The monoisotopic (exact) mass is 396 g/mol. The molecule has 1 heterocycles. The predicted molar refractivity (Wildman–Crippen MR) is 92.8 cm³/mol. The fraction of sp³-hybridized carbons (Fsp3) is 0.118. The average Bonchev–Trinajstić information content (AvgIpc) is 2.52. The third kappa shape index (κ3) is 3.16. The Bertz CT molecular complexity index is 886. The van der Waals surface area contributed by atoms with Crippen molar-refractivity contribution in [2.45, 2.75) is 13.0 Å². The van der Waals surface area contributed by atoms with E-state index in [1.165, 1.54) is 18.3 Å². The molecule has 2 aromatic carbocycles. The number of hydrogen-bond donors (Lipinski definition) is 1. The van der Waals surface area contributed by atoms with Crippen molar-refractivity contribution in [3.8, 4) is 0 Å². The Morgan fingerprint density at radius 2 is 1.91 bits per heavy atom. The average molecular weight is 398 g/mol. The summed E-state index contributed by atoms with van der Waals surface area (Å²) in [6, 6.07) is 9.15. The number of fused-ring (bicyclic) bond motifs is 1. The number of anilines is 1. The minimum Gasteiger partial charge on any atom is -0.377 e. The minimum absolute atomic E-state index is 0.297. The summed E-state index contributed by atoms with van der Waals surface area (Å²) in [4.78, 5) is 4.13. The minimum atomic E-state index is -0.402. The molecule has 0 aliphatic heterocycles. The zero-order valence-corrected chi connectivity index (χ0v) is 14.4. The lowest BCUT2D eigenvalue weighted by atomic mass is 10.1. The molecule has 118 valence electrons. The van der Waals surface area contributed by atoms with Gasteiger partial charge in [-0.1, -0.05) is 29.8 Å². The molecule has 0 bridgehead atoms. The van der Waals surface area contributed by atoms with E-state index in [-0.39, 0.29) is 11.9 Å².